The van der Waals surface area contributed by atoms with E-state index in [1.54, 1.807) is 20.8 Å². The summed E-state index contributed by atoms with van der Waals surface area (Å²) in [6.45, 7) is 7.11. The van der Waals surface area contributed by atoms with Crippen LogP contribution in [0.5, 0.6) is 0 Å². The SMILES string of the molecule is CCCCCCCCCCCCCC#C[C@H](O)[C@@H](CO)NC(=O)OC(C)(C)C. The van der Waals surface area contributed by atoms with E-state index >= 15 is 0 Å². The van der Waals surface area contributed by atoms with Gasteiger partial charge < -0.3 is 20.3 Å². The minimum atomic E-state index is -1.11. The molecular formula is C23H43NO4. The van der Waals surface area contributed by atoms with Gasteiger partial charge in [-0.05, 0) is 27.2 Å². The first-order chi connectivity index (χ1) is 13.3. The molecule has 0 bridgehead atoms. The van der Waals surface area contributed by atoms with E-state index in [0.29, 0.717) is 0 Å². The Hall–Kier alpha value is -1.25. The summed E-state index contributed by atoms with van der Waals surface area (Å²) in [6.07, 6.45) is 13.1. The summed E-state index contributed by atoms with van der Waals surface area (Å²) < 4.78 is 5.12. The number of hydrogen-bond acceptors (Lipinski definition) is 4. The fraction of sp³-hybridized carbons (Fsp3) is 0.870. The van der Waals surface area contributed by atoms with E-state index in [9.17, 15) is 15.0 Å². The van der Waals surface area contributed by atoms with Crippen molar-refractivity contribution in [1.29, 1.82) is 0 Å². The zero-order valence-corrected chi connectivity index (χ0v) is 18.6. The standard InChI is InChI=1S/C23H43NO4/c1-5-6-7-8-9-10-11-12-13-14-15-16-17-18-21(26)20(19-25)24-22(27)28-23(2,3)4/h20-21,25-26H,5-16,19H2,1-4H3,(H,24,27)/t20-,21+/m1/s1. The highest BCUT2D eigenvalue weighted by atomic mass is 16.6. The van der Waals surface area contributed by atoms with Crippen LogP contribution >= 0.6 is 0 Å². The Bertz CT molecular complexity index is 448. The highest BCUT2D eigenvalue weighted by molar-refractivity contribution is 5.68. The van der Waals surface area contributed by atoms with Gasteiger partial charge in [0.15, 0.2) is 0 Å². The van der Waals surface area contributed by atoms with Crippen molar-refractivity contribution in [3.63, 3.8) is 0 Å². The number of rotatable bonds is 14. The number of aliphatic hydroxyl groups is 2. The summed E-state index contributed by atoms with van der Waals surface area (Å²) in [7, 11) is 0. The molecule has 0 unspecified atom stereocenters. The maximum atomic E-state index is 11.7. The normalized spacial score (nSPS) is 13.4. The van der Waals surface area contributed by atoms with Gasteiger partial charge in [-0.3, -0.25) is 0 Å². The Morgan fingerprint density at radius 3 is 1.93 bits per heavy atom. The van der Waals surface area contributed by atoms with Crippen LogP contribution < -0.4 is 5.32 Å². The highest BCUT2D eigenvalue weighted by Crippen LogP contribution is 2.12. The van der Waals surface area contributed by atoms with Crippen LogP contribution in [0, 0.1) is 11.8 Å². The summed E-state index contributed by atoms with van der Waals surface area (Å²) in [5, 5.41) is 21.8. The van der Waals surface area contributed by atoms with Crippen molar-refractivity contribution in [3.8, 4) is 11.8 Å². The summed E-state index contributed by atoms with van der Waals surface area (Å²) in [4.78, 5) is 11.7. The largest absolute Gasteiger partial charge is 0.444 e. The topological polar surface area (TPSA) is 78.8 Å². The van der Waals surface area contributed by atoms with Gasteiger partial charge in [0, 0.05) is 6.42 Å². The molecule has 0 saturated heterocycles. The lowest BCUT2D eigenvalue weighted by molar-refractivity contribution is 0.0413. The lowest BCUT2D eigenvalue weighted by Gasteiger charge is -2.23. The fourth-order valence-electron chi connectivity index (χ4n) is 2.84. The molecule has 0 aromatic heterocycles. The monoisotopic (exact) mass is 397 g/mol. The third kappa shape index (κ3) is 16.9. The highest BCUT2D eigenvalue weighted by Gasteiger charge is 2.22. The number of amides is 1. The van der Waals surface area contributed by atoms with Crippen LogP contribution in [0.3, 0.4) is 0 Å². The van der Waals surface area contributed by atoms with E-state index in [2.05, 4.69) is 24.1 Å². The molecule has 164 valence electrons. The molecule has 0 aliphatic rings. The van der Waals surface area contributed by atoms with E-state index in [1.807, 2.05) is 0 Å². The summed E-state index contributed by atoms with van der Waals surface area (Å²) in [5.74, 6) is 5.66. The molecule has 0 fully saturated rings. The van der Waals surface area contributed by atoms with E-state index in [4.69, 9.17) is 4.74 Å². The van der Waals surface area contributed by atoms with E-state index < -0.39 is 30.4 Å². The molecule has 3 N–H and O–H groups in total. The first kappa shape index (κ1) is 26.8. The molecule has 0 spiro atoms. The third-order valence-corrected chi connectivity index (χ3v) is 4.44. The molecule has 1 amide bonds. The molecule has 0 aliphatic carbocycles. The number of carbonyl (C=O) groups is 1. The van der Waals surface area contributed by atoms with E-state index in [-0.39, 0.29) is 0 Å². The third-order valence-electron chi connectivity index (χ3n) is 4.44. The molecule has 5 nitrogen and oxygen atoms in total. The van der Waals surface area contributed by atoms with Crippen molar-refractivity contribution >= 4 is 6.09 Å². The second kappa shape index (κ2) is 16.7. The predicted octanol–water partition coefficient (Wildman–Crippen LogP) is 4.94. The minimum absolute atomic E-state index is 0.395. The Kier molecular flexibility index (Phi) is 15.9. The van der Waals surface area contributed by atoms with Crippen molar-refractivity contribution in [3.05, 3.63) is 0 Å². The molecule has 0 radical (unpaired) electrons. The number of aliphatic hydroxyl groups excluding tert-OH is 2. The van der Waals surface area contributed by atoms with Crippen molar-refractivity contribution < 1.29 is 19.7 Å². The quantitative estimate of drug-likeness (QED) is 0.287. The van der Waals surface area contributed by atoms with E-state index in [0.717, 1.165) is 19.3 Å². The van der Waals surface area contributed by atoms with Gasteiger partial charge in [0.1, 0.15) is 11.7 Å². The Morgan fingerprint density at radius 2 is 1.46 bits per heavy atom. The number of alkyl carbamates (subject to hydrolysis) is 1. The maximum Gasteiger partial charge on any atom is 0.408 e. The number of unbranched alkanes of at least 4 members (excludes halogenated alkanes) is 11. The number of hydrogen-bond donors (Lipinski definition) is 3. The molecule has 0 heterocycles. The lowest BCUT2D eigenvalue weighted by atomic mass is 10.1. The first-order valence-electron chi connectivity index (χ1n) is 11.1. The molecule has 0 aliphatic heterocycles. The Balaban J connectivity index is 3.79. The second-order valence-electron chi connectivity index (χ2n) is 8.49. The average Bonchev–Trinajstić information content (AvgIpc) is 2.61. The number of ether oxygens (including phenoxy) is 1. The van der Waals surface area contributed by atoms with Gasteiger partial charge in [-0.15, -0.1) is 5.92 Å². The van der Waals surface area contributed by atoms with E-state index in [1.165, 1.54) is 57.8 Å². The van der Waals surface area contributed by atoms with Crippen LogP contribution in [-0.4, -0.2) is 40.7 Å². The average molecular weight is 398 g/mol. The molecule has 0 aromatic rings. The van der Waals surface area contributed by atoms with Gasteiger partial charge in [0.2, 0.25) is 0 Å². The van der Waals surface area contributed by atoms with Crippen LogP contribution in [0.4, 0.5) is 4.79 Å². The first-order valence-corrected chi connectivity index (χ1v) is 11.1. The van der Waals surface area contributed by atoms with Gasteiger partial charge in [-0.25, -0.2) is 4.79 Å². The second-order valence-corrected chi connectivity index (χ2v) is 8.49. The molecular weight excluding hydrogens is 354 g/mol. The smallest absolute Gasteiger partial charge is 0.408 e. The van der Waals surface area contributed by atoms with Gasteiger partial charge in [0.05, 0.1) is 12.6 Å². The molecule has 0 aromatic carbocycles. The van der Waals surface area contributed by atoms with Gasteiger partial charge in [0.25, 0.3) is 0 Å². The zero-order chi connectivity index (χ0) is 21.3. The Morgan fingerprint density at radius 1 is 0.964 bits per heavy atom. The van der Waals surface area contributed by atoms with Crippen molar-refractivity contribution in [2.75, 3.05) is 6.61 Å². The molecule has 2 atom stereocenters. The summed E-state index contributed by atoms with van der Waals surface area (Å²) >= 11 is 0. The zero-order valence-electron chi connectivity index (χ0n) is 18.6. The van der Waals surface area contributed by atoms with Crippen LogP contribution in [0.15, 0.2) is 0 Å². The molecule has 5 heteroatoms. The van der Waals surface area contributed by atoms with Crippen molar-refractivity contribution in [2.45, 2.75) is 122 Å². The van der Waals surface area contributed by atoms with Crippen LogP contribution in [0.2, 0.25) is 0 Å². The van der Waals surface area contributed by atoms with Gasteiger partial charge in [-0.1, -0.05) is 77.1 Å². The summed E-state index contributed by atoms with van der Waals surface area (Å²) in [6, 6.07) is -0.848. The van der Waals surface area contributed by atoms with Gasteiger partial charge in [-0.2, -0.15) is 0 Å². The summed E-state index contributed by atoms with van der Waals surface area (Å²) in [5.41, 5.74) is -0.629. The van der Waals surface area contributed by atoms with Crippen LogP contribution in [-0.2, 0) is 4.74 Å². The van der Waals surface area contributed by atoms with Crippen molar-refractivity contribution in [1.82, 2.24) is 5.32 Å². The predicted molar refractivity (Wildman–Crippen MR) is 115 cm³/mol. The number of carbonyl (C=O) groups excluding carboxylic acids is 1. The van der Waals surface area contributed by atoms with Crippen LogP contribution in [0.25, 0.3) is 0 Å². The fourth-order valence-corrected chi connectivity index (χ4v) is 2.84. The minimum Gasteiger partial charge on any atom is -0.444 e. The molecule has 0 rings (SSSR count). The molecule has 0 saturated carbocycles. The van der Waals surface area contributed by atoms with Crippen LogP contribution in [0.1, 0.15) is 105 Å². The maximum absolute atomic E-state index is 11.7. The number of nitrogens with one attached hydrogen (secondary N) is 1. The van der Waals surface area contributed by atoms with Gasteiger partial charge >= 0.3 is 6.09 Å². The Labute approximate surface area is 172 Å². The molecule has 28 heavy (non-hydrogen) atoms. The van der Waals surface area contributed by atoms with Crippen molar-refractivity contribution in [2.24, 2.45) is 0 Å². The lowest BCUT2D eigenvalue weighted by Crippen LogP contribution is -2.47.